The van der Waals surface area contributed by atoms with Gasteiger partial charge >= 0.3 is 0 Å². The van der Waals surface area contributed by atoms with E-state index in [2.05, 4.69) is 28.1 Å². The molecule has 0 spiro atoms. The Balaban J connectivity index is 0. The quantitative estimate of drug-likeness (QED) is 0.119. The number of aliphatic hydroxyl groups is 4. The molecule has 0 aliphatic rings. The Bertz CT molecular complexity index is 468. The van der Waals surface area contributed by atoms with Crippen LogP contribution in [0.2, 0.25) is 0 Å². The third-order valence-corrected chi connectivity index (χ3v) is 5.59. The van der Waals surface area contributed by atoms with Crippen LogP contribution in [0.5, 0.6) is 0 Å². The van der Waals surface area contributed by atoms with Crippen LogP contribution in [-0.2, 0) is 9.59 Å². The van der Waals surface area contributed by atoms with E-state index in [0.717, 1.165) is 4.48 Å². The molecular weight excluding hydrogens is 426 g/mol. The lowest BCUT2D eigenvalue weighted by molar-refractivity contribution is -0.870. The number of aldehydes is 1. The SMILES string of the molecule is CCCCCCCCCCCCCCCC[N+](C)(C)C.O=C[C@H](O)[C@@H](O)[C@H](O)[C@H](O)C(=O)[O-]. The van der Waals surface area contributed by atoms with Gasteiger partial charge in [0.25, 0.3) is 0 Å². The van der Waals surface area contributed by atoms with Crippen LogP contribution in [0.15, 0.2) is 0 Å². The number of hydrogen-bond acceptors (Lipinski definition) is 7. The molecule has 4 atom stereocenters. The van der Waals surface area contributed by atoms with Gasteiger partial charge in [0.1, 0.15) is 24.4 Å². The van der Waals surface area contributed by atoms with Gasteiger partial charge in [-0.2, -0.15) is 0 Å². The Hall–Kier alpha value is -1.06. The number of unbranched alkanes of at least 4 members (excludes halogenated alkanes) is 13. The number of hydrogen-bond donors (Lipinski definition) is 4. The minimum atomic E-state index is -2.36. The molecule has 0 rings (SSSR count). The molecule has 0 heterocycles. The molecule has 4 N–H and O–H groups in total. The molecule has 0 aromatic heterocycles. The van der Waals surface area contributed by atoms with Gasteiger partial charge in [0.2, 0.25) is 0 Å². The zero-order valence-electron chi connectivity index (χ0n) is 21.5. The molecule has 0 radical (unpaired) electrons. The molecule has 0 bridgehead atoms. The lowest BCUT2D eigenvalue weighted by atomic mass is 10.0. The third kappa shape index (κ3) is 22.5. The maximum atomic E-state index is 9.95. The standard InChI is InChI=1S/C19H42N.C6H10O7/c1-5-6-7-8-9-10-11-12-13-14-15-16-17-18-19-20(2,3)4;7-1-2(8)3(9)4(10)5(11)6(12)13/h5-19H2,1-4H3;1-5,8-11H,(H,12,13)/q+1;/p-1/t;2-,3+,4-,5-/m.0/s1. The van der Waals surface area contributed by atoms with Crippen LogP contribution >= 0.6 is 0 Å². The van der Waals surface area contributed by atoms with Crippen molar-refractivity contribution >= 4 is 12.3 Å². The Morgan fingerprint density at radius 2 is 1.09 bits per heavy atom. The van der Waals surface area contributed by atoms with E-state index in [-0.39, 0.29) is 6.29 Å². The topological polar surface area (TPSA) is 138 Å². The molecule has 0 unspecified atom stereocenters. The van der Waals surface area contributed by atoms with Crippen LogP contribution in [0.4, 0.5) is 0 Å². The van der Waals surface area contributed by atoms with Gasteiger partial charge in [0.15, 0.2) is 6.29 Å². The number of aliphatic hydroxyl groups excluding tert-OH is 4. The second kappa shape index (κ2) is 21.5. The smallest absolute Gasteiger partial charge is 0.151 e. The van der Waals surface area contributed by atoms with Gasteiger partial charge in [0, 0.05) is 0 Å². The van der Waals surface area contributed by atoms with Crippen molar-refractivity contribution in [1.29, 1.82) is 0 Å². The minimum Gasteiger partial charge on any atom is -0.547 e. The summed E-state index contributed by atoms with van der Waals surface area (Å²) in [5.74, 6) is -2.01. The molecule has 0 saturated heterocycles. The summed E-state index contributed by atoms with van der Waals surface area (Å²) in [6, 6.07) is 0. The molecule has 0 aliphatic carbocycles. The monoisotopic (exact) mass is 477 g/mol. The molecule has 198 valence electrons. The van der Waals surface area contributed by atoms with E-state index >= 15 is 0 Å². The first kappa shape index (κ1) is 34.1. The first-order valence-corrected chi connectivity index (χ1v) is 12.7. The van der Waals surface area contributed by atoms with E-state index in [1.165, 1.54) is 96.4 Å². The van der Waals surface area contributed by atoms with Gasteiger partial charge in [-0.1, -0.05) is 84.0 Å². The summed E-state index contributed by atoms with van der Waals surface area (Å²) >= 11 is 0. The summed E-state index contributed by atoms with van der Waals surface area (Å²) in [5.41, 5.74) is 0. The molecule has 8 nitrogen and oxygen atoms in total. The molecule has 0 aliphatic heterocycles. The van der Waals surface area contributed by atoms with Crippen LogP contribution < -0.4 is 5.11 Å². The lowest BCUT2D eigenvalue weighted by Gasteiger charge is -2.24. The number of quaternary nitrogens is 1. The fraction of sp³-hybridized carbons (Fsp3) is 0.920. The summed E-state index contributed by atoms with van der Waals surface area (Å²) in [7, 11) is 6.88. The van der Waals surface area contributed by atoms with E-state index < -0.39 is 30.4 Å². The first-order chi connectivity index (χ1) is 15.5. The Morgan fingerprint density at radius 3 is 1.39 bits per heavy atom. The maximum Gasteiger partial charge on any atom is 0.151 e. The van der Waals surface area contributed by atoms with Crippen LogP contribution in [0.3, 0.4) is 0 Å². The van der Waals surface area contributed by atoms with Crippen molar-refractivity contribution in [2.45, 2.75) is 121 Å². The first-order valence-electron chi connectivity index (χ1n) is 12.7. The number of rotatable bonds is 20. The van der Waals surface area contributed by atoms with E-state index in [1.54, 1.807) is 0 Å². The Labute approximate surface area is 201 Å². The molecule has 0 aromatic rings. The second-order valence-electron chi connectivity index (χ2n) is 9.98. The lowest BCUT2D eigenvalue weighted by Crippen LogP contribution is -2.52. The molecule has 0 fully saturated rings. The highest BCUT2D eigenvalue weighted by Gasteiger charge is 2.30. The van der Waals surface area contributed by atoms with Crippen LogP contribution in [0.25, 0.3) is 0 Å². The predicted molar refractivity (Wildman–Crippen MR) is 128 cm³/mol. The Kier molecular flexibility index (Phi) is 22.2. The van der Waals surface area contributed by atoms with Crippen LogP contribution in [-0.4, -0.2) is 89.3 Å². The minimum absolute atomic E-state index is 0.101. The molecule has 0 aromatic carbocycles. The molecule has 8 heteroatoms. The highest BCUT2D eigenvalue weighted by molar-refractivity contribution is 5.70. The van der Waals surface area contributed by atoms with Gasteiger partial charge in [-0.25, -0.2) is 0 Å². The predicted octanol–water partition coefficient (Wildman–Crippen LogP) is 1.55. The van der Waals surface area contributed by atoms with Crippen molar-refractivity contribution in [1.82, 2.24) is 0 Å². The van der Waals surface area contributed by atoms with Crippen molar-refractivity contribution in [2.75, 3.05) is 27.7 Å². The summed E-state index contributed by atoms with van der Waals surface area (Å²) in [5, 5.41) is 44.8. The Morgan fingerprint density at radius 1 is 0.727 bits per heavy atom. The largest absolute Gasteiger partial charge is 0.547 e. The van der Waals surface area contributed by atoms with Crippen molar-refractivity contribution in [3.05, 3.63) is 0 Å². The summed E-state index contributed by atoms with van der Waals surface area (Å²) < 4.78 is 1.12. The zero-order valence-corrected chi connectivity index (χ0v) is 21.5. The molecule has 33 heavy (non-hydrogen) atoms. The van der Waals surface area contributed by atoms with Crippen molar-refractivity contribution in [3.63, 3.8) is 0 Å². The van der Waals surface area contributed by atoms with Gasteiger partial charge in [-0.05, 0) is 12.8 Å². The maximum absolute atomic E-state index is 9.95. The van der Waals surface area contributed by atoms with Crippen molar-refractivity contribution in [3.8, 4) is 0 Å². The number of carbonyl (C=O) groups is 2. The van der Waals surface area contributed by atoms with E-state index in [9.17, 15) is 14.7 Å². The van der Waals surface area contributed by atoms with E-state index in [0.29, 0.717) is 0 Å². The number of carboxylic acid groups (broad SMARTS) is 1. The molecular formula is C25H51NO7. The summed E-state index contributed by atoms with van der Waals surface area (Å²) in [4.78, 5) is 19.8. The van der Waals surface area contributed by atoms with Crippen LogP contribution in [0.1, 0.15) is 96.8 Å². The van der Waals surface area contributed by atoms with E-state index in [1.807, 2.05) is 0 Å². The highest BCUT2D eigenvalue weighted by atomic mass is 16.4. The highest BCUT2D eigenvalue weighted by Crippen LogP contribution is 2.13. The third-order valence-electron chi connectivity index (χ3n) is 5.59. The average Bonchev–Trinajstić information content (AvgIpc) is 2.76. The van der Waals surface area contributed by atoms with Gasteiger partial charge in [0.05, 0.1) is 33.7 Å². The van der Waals surface area contributed by atoms with Crippen LogP contribution in [0, 0.1) is 0 Å². The van der Waals surface area contributed by atoms with Crippen molar-refractivity contribution in [2.24, 2.45) is 0 Å². The normalized spacial score (nSPS) is 15.2. The zero-order chi connectivity index (χ0) is 25.7. The summed E-state index contributed by atoms with van der Waals surface area (Å²) in [6.45, 7) is 3.63. The number of nitrogens with zero attached hydrogens (tertiary/aromatic N) is 1. The fourth-order valence-corrected chi connectivity index (χ4v) is 3.39. The van der Waals surface area contributed by atoms with E-state index in [4.69, 9.17) is 20.4 Å². The fourth-order valence-electron chi connectivity index (χ4n) is 3.39. The molecule has 0 amide bonds. The number of carbonyl (C=O) groups excluding carboxylic acids is 2. The van der Waals surface area contributed by atoms with Crippen molar-refractivity contribution < 1.29 is 39.6 Å². The average molecular weight is 478 g/mol. The van der Waals surface area contributed by atoms with Gasteiger partial charge in [-0.15, -0.1) is 0 Å². The van der Waals surface area contributed by atoms with Gasteiger partial charge in [-0.3, -0.25) is 0 Å². The van der Waals surface area contributed by atoms with Gasteiger partial charge < -0.3 is 39.6 Å². The molecule has 0 saturated carbocycles. The number of aliphatic carboxylic acids is 1. The summed E-state index contributed by atoms with van der Waals surface area (Å²) in [6.07, 6.45) is 11.7. The number of carboxylic acids is 1. The second-order valence-corrected chi connectivity index (χ2v) is 9.98.